The maximum atomic E-state index is 5.88. The number of hydrogen-bond acceptors (Lipinski definition) is 3. The first-order valence-corrected chi connectivity index (χ1v) is 8.79. The van der Waals surface area contributed by atoms with E-state index >= 15 is 0 Å². The molecule has 2 aromatic carbocycles. The molecule has 3 nitrogen and oxygen atoms in total. The lowest BCUT2D eigenvalue weighted by atomic mass is 10.2. The molecule has 0 heterocycles. The second-order valence-corrected chi connectivity index (χ2v) is 6.54. The van der Waals surface area contributed by atoms with Gasteiger partial charge in [-0.05, 0) is 49.1 Å². The summed E-state index contributed by atoms with van der Waals surface area (Å²) < 4.78 is 11.7. The molecule has 0 fully saturated rings. The van der Waals surface area contributed by atoms with Crippen molar-refractivity contribution in [3.8, 4) is 11.5 Å². The van der Waals surface area contributed by atoms with Crippen molar-refractivity contribution in [2.45, 2.75) is 46.8 Å². The van der Waals surface area contributed by atoms with E-state index in [4.69, 9.17) is 9.47 Å². The highest BCUT2D eigenvalue weighted by Gasteiger charge is 2.05. The van der Waals surface area contributed by atoms with Crippen molar-refractivity contribution in [1.82, 2.24) is 0 Å². The van der Waals surface area contributed by atoms with Crippen LogP contribution in [0, 0.1) is 5.92 Å². The van der Waals surface area contributed by atoms with Crippen LogP contribution in [0.15, 0.2) is 48.5 Å². The largest absolute Gasteiger partial charge is 0.491 e. The third-order valence-electron chi connectivity index (χ3n) is 3.78. The fourth-order valence-corrected chi connectivity index (χ4v) is 2.19. The van der Waals surface area contributed by atoms with Crippen LogP contribution in [-0.4, -0.2) is 12.7 Å². The molecule has 1 atom stereocenters. The van der Waals surface area contributed by atoms with Crippen LogP contribution in [0.3, 0.4) is 0 Å². The molecule has 24 heavy (non-hydrogen) atoms. The van der Waals surface area contributed by atoms with E-state index in [9.17, 15) is 0 Å². The Labute approximate surface area is 146 Å². The van der Waals surface area contributed by atoms with Crippen LogP contribution in [-0.2, 0) is 6.54 Å². The van der Waals surface area contributed by atoms with Gasteiger partial charge in [0.15, 0.2) is 0 Å². The molecule has 0 aliphatic heterocycles. The second kappa shape index (κ2) is 9.21. The molecule has 0 bridgehead atoms. The lowest BCUT2D eigenvalue weighted by molar-refractivity contribution is 0.217. The Morgan fingerprint density at radius 2 is 1.67 bits per heavy atom. The summed E-state index contributed by atoms with van der Waals surface area (Å²) in [6, 6.07) is 16.3. The van der Waals surface area contributed by atoms with Gasteiger partial charge in [0.05, 0.1) is 18.4 Å². The minimum atomic E-state index is 0.249. The molecule has 1 unspecified atom stereocenters. The van der Waals surface area contributed by atoms with Crippen molar-refractivity contribution in [2.75, 3.05) is 11.9 Å². The van der Waals surface area contributed by atoms with Gasteiger partial charge in [-0.3, -0.25) is 0 Å². The molecule has 0 aliphatic carbocycles. The van der Waals surface area contributed by atoms with E-state index in [-0.39, 0.29) is 6.10 Å². The van der Waals surface area contributed by atoms with E-state index in [0.717, 1.165) is 36.8 Å². The molecule has 0 saturated carbocycles. The highest BCUT2D eigenvalue weighted by atomic mass is 16.5. The van der Waals surface area contributed by atoms with Crippen molar-refractivity contribution in [1.29, 1.82) is 0 Å². The van der Waals surface area contributed by atoms with E-state index in [2.05, 4.69) is 51.2 Å². The van der Waals surface area contributed by atoms with Gasteiger partial charge in [-0.25, -0.2) is 0 Å². The smallest absolute Gasteiger partial charge is 0.142 e. The van der Waals surface area contributed by atoms with E-state index < -0.39 is 0 Å². The van der Waals surface area contributed by atoms with Crippen molar-refractivity contribution >= 4 is 5.69 Å². The topological polar surface area (TPSA) is 30.5 Å². The van der Waals surface area contributed by atoms with Gasteiger partial charge in [-0.2, -0.15) is 0 Å². The van der Waals surface area contributed by atoms with Crippen LogP contribution in [0.1, 0.15) is 39.7 Å². The Kier molecular flexibility index (Phi) is 6.98. The SMILES string of the molecule is CCC(C)Oc1ccc(CNc2ccccc2OCC(C)C)cc1. The average molecular weight is 327 g/mol. The summed E-state index contributed by atoms with van der Waals surface area (Å²) in [6.45, 7) is 10.00. The van der Waals surface area contributed by atoms with Gasteiger partial charge >= 0.3 is 0 Å². The number of benzene rings is 2. The molecule has 0 radical (unpaired) electrons. The van der Waals surface area contributed by atoms with E-state index in [0.29, 0.717) is 5.92 Å². The Morgan fingerprint density at radius 1 is 0.958 bits per heavy atom. The number of anilines is 1. The average Bonchev–Trinajstić information content (AvgIpc) is 2.60. The van der Waals surface area contributed by atoms with Gasteiger partial charge in [-0.1, -0.05) is 45.0 Å². The molecule has 2 aromatic rings. The quantitative estimate of drug-likeness (QED) is 0.658. The van der Waals surface area contributed by atoms with Gasteiger partial charge in [0.25, 0.3) is 0 Å². The minimum Gasteiger partial charge on any atom is -0.491 e. The lowest BCUT2D eigenvalue weighted by Crippen LogP contribution is -2.09. The first-order chi connectivity index (χ1) is 11.6. The van der Waals surface area contributed by atoms with E-state index in [1.807, 2.05) is 30.3 Å². The summed E-state index contributed by atoms with van der Waals surface area (Å²) in [5.41, 5.74) is 2.24. The number of para-hydroxylation sites is 2. The van der Waals surface area contributed by atoms with Crippen LogP contribution < -0.4 is 14.8 Å². The molecule has 0 aliphatic rings. The summed E-state index contributed by atoms with van der Waals surface area (Å²) in [5.74, 6) is 2.34. The molecule has 1 N–H and O–H groups in total. The monoisotopic (exact) mass is 327 g/mol. The van der Waals surface area contributed by atoms with Crippen molar-refractivity contribution in [3.63, 3.8) is 0 Å². The van der Waals surface area contributed by atoms with Crippen LogP contribution in [0.4, 0.5) is 5.69 Å². The first kappa shape index (κ1) is 18.2. The zero-order valence-electron chi connectivity index (χ0n) is 15.2. The molecular formula is C21H29NO2. The fourth-order valence-electron chi connectivity index (χ4n) is 2.19. The standard InChI is InChI=1S/C21H29NO2/c1-5-17(4)24-19-12-10-18(11-13-19)14-22-20-8-6-7-9-21(20)23-15-16(2)3/h6-13,16-17,22H,5,14-15H2,1-4H3. The summed E-state index contributed by atoms with van der Waals surface area (Å²) >= 11 is 0. The predicted molar refractivity (Wildman–Crippen MR) is 101 cm³/mol. The zero-order chi connectivity index (χ0) is 17.4. The Bertz CT molecular complexity index is 607. The first-order valence-electron chi connectivity index (χ1n) is 8.79. The highest BCUT2D eigenvalue weighted by Crippen LogP contribution is 2.25. The molecular weight excluding hydrogens is 298 g/mol. The van der Waals surface area contributed by atoms with Gasteiger partial charge in [0.2, 0.25) is 0 Å². The van der Waals surface area contributed by atoms with Gasteiger partial charge in [0.1, 0.15) is 11.5 Å². The van der Waals surface area contributed by atoms with Gasteiger partial charge in [0, 0.05) is 6.54 Å². The molecule has 0 amide bonds. The zero-order valence-corrected chi connectivity index (χ0v) is 15.2. The third kappa shape index (κ3) is 5.80. The molecule has 0 spiro atoms. The Hall–Kier alpha value is -2.16. The van der Waals surface area contributed by atoms with Gasteiger partial charge in [-0.15, -0.1) is 0 Å². The molecule has 2 rings (SSSR count). The Morgan fingerprint density at radius 3 is 2.33 bits per heavy atom. The molecule has 130 valence electrons. The van der Waals surface area contributed by atoms with Crippen LogP contribution in [0.25, 0.3) is 0 Å². The summed E-state index contributed by atoms with van der Waals surface area (Å²) in [7, 11) is 0. The number of hydrogen-bond donors (Lipinski definition) is 1. The van der Waals surface area contributed by atoms with Crippen LogP contribution in [0.2, 0.25) is 0 Å². The van der Waals surface area contributed by atoms with Crippen molar-refractivity contribution in [3.05, 3.63) is 54.1 Å². The number of nitrogens with one attached hydrogen (secondary N) is 1. The molecule has 3 heteroatoms. The van der Waals surface area contributed by atoms with Crippen LogP contribution in [0.5, 0.6) is 11.5 Å². The maximum Gasteiger partial charge on any atom is 0.142 e. The lowest BCUT2D eigenvalue weighted by Gasteiger charge is -2.15. The van der Waals surface area contributed by atoms with E-state index in [1.165, 1.54) is 5.56 Å². The van der Waals surface area contributed by atoms with Crippen molar-refractivity contribution in [2.24, 2.45) is 5.92 Å². The highest BCUT2D eigenvalue weighted by molar-refractivity contribution is 5.56. The van der Waals surface area contributed by atoms with Gasteiger partial charge < -0.3 is 14.8 Å². The predicted octanol–water partition coefficient (Wildman–Crippen LogP) is 5.51. The number of rotatable bonds is 9. The summed E-state index contributed by atoms with van der Waals surface area (Å²) in [5, 5.41) is 3.46. The molecule has 0 saturated heterocycles. The van der Waals surface area contributed by atoms with E-state index in [1.54, 1.807) is 0 Å². The Balaban J connectivity index is 1.93. The third-order valence-corrected chi connectivity index (χ3v) is 3.78. The minimum absolute atomic E-state index is 0.249. The molecule has 0 aromatic heterocycles. The summed E-state index contributed by atoms with van der Waals surface area (Å²) in [4.78, 5) is 0. The van der Waals surface area contributed by atoms with Crippen LogP contribution >= 0.6 is 0 Å². The summed E-state index contributed by atoms with van der Waals surface area (Å²) in [6.07, 6.45) is 1.26. The maximum absolute atomic E-state index is 5.88. The second-order valence-electron chi connectivity index (χ2n) is 6.54. The fraction of sp³-hybridized carbons (Fsp3) is 0.429. The van der Waals surface area contributed by atoms with Crippen molar-refractivity contribution < 1.29 is 9.47 Å². The number of ether oxygens (including phenoxy) is 2. The normalized spacial score (nSPS) is 12.0.